The van der Waals surface area contributed by atoms with E-state index in [9.17, 15) is 4.79 Å². The summed E-state index contributed by atoms with van der Waals surface area (Å²) in [6.45, 7) is 7.49. The Morgan fingerprint density at radius 1 is 1.62 bits per heavy atom. The van der Waals surface area contributed by atoms with E-state index in [0.717, 1.165) is 6.42 Å². The van der Waals surface area contributed by atoms with E-state index >= 15 is 0 Å². The van der Waals surface area contributed by atoms with Gasteiger partial charge in [0.2, 0.25) is 0 Å². The second-order valence-corrected chi connectivity index (χ2v) is 4.20. The second-order valence-electron chi connectivity index (χ2n) is 4.20. The van der Waals surface area contributed by atoms with Crippen LogP contribution in [0.1, 0.15) is 37.7 Å². The highest BCUT2D eigenvalue weighted by molar-refractivity contribution is 5.97. The zero-order valence-electron chi connectivity index (χ0n) is 10.2. The average molecular weight is 224 g/mol. The monoisotopic (exact) mass is 224 g/mol. The van der Waals surface area contributed by atoms with Gasteiger partial charge in [0.15, 0.2) is 0 Å². The number of carbonyl (C=O) groups excluding carboxylic acids is 1. The third kappa shape index (κ3) is 2.98. The molecule has 1 heterocycles. The number of rotatable bonds is 5. The molecule has 90 valence electrons. The number of nitrogens with two attached hydrogens (primary N) is 1. The van der Waals surface area contributed by atoms with Crippen molar-refractivity contribution >= 4 is 11.6 Å². The predicted molar refractivity (Wildman–Crippen MR) is 64.1 cm³/mol. The Balaban J connectivity index is 2.62. The van der Waals surface area contributed by atoms with Crippen LogP contribution in [0.4, 0.5) is 5.69 Å². The number of carbonyl (C=O) groups is 1. The van der Waals surface area contributed by atoms with Crippen molar-refractivity contribution in [3.63, 3.8) is 0 Å². The first-order chi connectivity index (χ1) is 7.56. The Hall–Kier alpha value is -1.52. The molecule has 5 nitrogen and oxygen atoms in total. The van der Waals surface area contributed by atoms with Crippen LogP contribution >= 0.6 is 0 Å². The molecule has 16 heavy (non-hydrogen) atoms. The molecule has 0 radical (unpaired) electrons. The minimum Gasteiger partial charge on any atom is -0.396 e. The summed E-state index contributed by atoms with van der Waals surface area (Å²) in [7, 11) is 0. The molecule has 0 fully saturated rings. The Bertz CT molecular complexity index is 357. The third-order valence-electron chi connectivity index (χ3n) is 2.39. The van der Waals surface area contributed by atoms with Gasteiger partial charge in [-0.15, -0.1) is 0 Å². The molecule has 0 saturated carbocycles. The summed E-state index contributed by atoms with van der Waals surface area (Å²) in [6, 6.07) is 0. The summed E-state index contributed by atoms with van der Waals surface area (Å²) >= 11 is 0. The van der Waals surface area contributed by atoms with Gasteiger partial charge in [0.1, 0.15) is 5.69 Å². The first-order valence-electron chi connectivity index (χ1n) is 5.65. The van der Waals surface area contributed by atoms with E-state index < -0.39 is 0 Å². The summed E-state index contributed by atoms with van der Waals surface area (Å²) in [5.74, 6) is 0.436. The van der Waals surface area contributed by atoms with E-state index in [2.05, 4.69) is 24.3 Å². The molecule has 0 unspecified atom stereocenters. The van der Waals surface area contributed by atoms with Gasteiger partial charge in [-0.2, -0.15) is 5.10 Å². The van der Waals surface area contributed by atoms with Gasteiger partial charge in [-0.25, -0.2) is 0 Å². The highest BCUT2D eigenvalue weighted by atomic mass is 16.2. The summed E-state index contributed by atoms with van der Waals surface area (Å²) in [5.41, 5.74) is 6.60. The number of anilines is 1. The number of nitrogen functional groups attached to an aromatic ring is 1. The Morgan fingerprint density at radius 2 is 2.31 bits per heavy atom. The number of hydrogen-bond donors (Lipinski definition) is 2. The van der Waals surface area contributed by atoms with E-state index in [-0.39, 0.29) is 5.91 Å². The molecule has 0 spiro atoms. The second kappa shape index (κ2) is 5.53. The number of nitrogens with one attached hydrogen (secondary N) is 1. The van der Waals surface area contributed by atoms with Crippen molar-refractivity contribution in [3.8, 4) is 0 Å². The van der Waals surface area contributed by atoms with Gasteiger partial charge in [0.25, 0.3) is 5.91 Å². The van der Waals surface area contributed by atoms with Crippen molar-refractivity contribution in [1.29, 1.82) is 0 Å². The van der Waals surface area contributed by atoms with E-state index in [0.29, 0.717) is 30.4 Å². The van der Waals surface area contributed by atoms with Crippen molar-refractivity contribution in [2.45, 2.75) is 33.7 Å². The first-order valence-corrected chi connectivity index (χ1v) is 5.65. The molecule has 1 aromatic heterocycles. The first kappa shape index (κ1) is 12.5. The number of aryl methyl sites for hydroxylation is 1. The van der Waals surface area contributed by atoms with Crippen LogP contribution in [-0.2, 0) is 6.54 Å². The Kier molecular flexibility index (Phi) is 4.34. The highest BCUT2D eigenvalue weighted by Gasteiger charge is 2.15. The number of hydrogen-bond acceptors (Lipinski definition) is 3. The molecular weight excluding hydrogens is 204 g/mol. The van der Waals surface area contributed by atoms with Crippen LogP contribution < -0.4 is 11.1 Å². The molecule has 0 aromatic carbocycles. The van der Waals surface area contributed by atoms with Crippen molar-refractivity contribution in [2.24, 2.45) is 5.92 Å². The van der Waals surface area contributed by atoms with Gasteiger partial charge in [-0.3, -0.25) is 9.48 Å². The molecule has 0 atom stereocenters. The number of nitrogens with zero attached hydrogens (tertiary/aromatic N) is 2. The summed E-state index contributed by atoms with van der Waals surface area (Å²) < 4.78 is 1.61. The van der Waals surface area contributed by atoms with Crippen LogP contribution in [-0.4, -0.2) is 22.2 Å². The fourth-order valence-electron chi connectivity index (χ4n) is 1.45. The summed E-state index contributed by atoms with van der Waals surface area (Å²) in [5, 5.41) is 6.88. The predicted octanol–water partition coefficient (Wildman–Crippen LogP) is 1.26. The quantitative estimate of drug-likeness (QED) is 0.790. The molecule has 0 saturated heterocycles. The minimum absolute atomic E-state index is 0.141. The van der Waals surface area contributed by atoms with Gasteiger partial charge in [0, 0.05) is 13.1 Å². The number of amides is 1. The smallest absolute Gasteiger partial charge is 0.271 e. The fraction of sp³-hybridized carbons (Fsp3) is 0.636. The lowest BCUT2D eigenvalue weighted by molar-refractivity contribution is 0.0942. The maximum atomic E-state index is 11.8. The molecule has 0 bridgehead atoms. The van der Waals surface area contributed by atoms with Gasteiger partial charge in [0.05, 0.1) is 11.9 Å². The van der Waals surface area contributed by atoms with Gasteiger partial charge >= 0.3 is 0 Å². The van der Waals surface area contributed by atoms with Crippen molar-refractivity contribution in [3.05, 3.63) is 11.9 Å². The molecule has 5 heteroatoms. The molecule has 1 aromatic rings. The molecule has 0 aliphatic heterocycles. The van der Waals surface area contributed by atoms with E-state index in [1.54, 1.807) is 4.68 Å². The van der Waals surface area contributed by atoms with Crippen molar-refractivity contribution in [2.75, 3.05) is 12.3 Å². The summed E-state index contributed by atoms with van der Waals surface area (Å²) in [4.78, 5) is 11.8. The molecular formula is C11H20N4O. The highest BCUT2D eigenvalue weighted by Crippen LogP contribution is 2.10. The maximum Gasteiger partial charge on any atom is 0.271 e. The third-order valence-corrected chi connectivity index (χ3v) is 2.39. The molecule has 0 aliphatic rings. The van der Waals surface area contributed by atoms with Crippen LogP contribution in [0.5, 0.6) is 0 Å². The lowest BCUT2D eigenvalue weighted by Gasteiger charge is -2.08. The topological polar surface area (TPSA) is 72.9 Å². The van der Waals surface area contributed by atoms with Crippen LogP contribution in [0.25, 0.3) is 0 Å². The van der Waals surface area contributed by atoms with E-state index in [1.165, 1.54) is 6.20 Å². The Labute approximate surface area is 96.0 Å². The molecule has 3 N–H and O–H groups in total. The van der Waals surface area contributed by atoms with Crippen LogP contribution in [0.15, 0.2) is 6.20 Å². The zero-order chi connectivity index (χ0) is 12.1. The lowest BCUT2D eigenvalue weighted by atomic mass is 10.1. The van der Waals surface area contributed by atoms with E-state index in [1.807, 2.05) is 6.92 Å². The average Bonchev–Trinajstić information content (AvgIpc) is 2.58. The maximum absolute atomic E-state index is 11.8. The SMILES string of the molecule is CCn1ncc(N)c1C(=O)NCCC(C)C. The summed E-state index contributed by atoms with van der Waals surface area (Å²) in [6.07, 6.45) is 2.48. The molecule has 1 amide bonds. The molecule has 0 aliphatic carbocycles. The van der Waals surface area contributed by atoms with Gasteiger partial charge < -0.3 is 11.1 Å². The van der Waals surface area contributed by atoms with Crippen molar-refractivity contribution < 1.29 is 4.79 Å². The molecule has 1 rings (SSSR count). The fourth-order valence-corrected chi connectivity index (χ4v) is 1.45. The Morgan fingerprint density at radius 3 is 2.88 bits per heavy atom. The van der Waals surface area contributed by atoms with Crippen LogP contribution in [0.2, 0.25) is 0 Å². The van der Waals surface area contributed by atoms with Crippen LogP contribution in [0.3, 0.4) is 0 Å². The van der Waals surface area contributed by atoms with Crippen molar-refractivity contribution in [1.82, 2.24) is 15.1 Å². The largest absolute Gasteiger partial charge is 0.396 e. The van der Waals surface area contributed by atoms with E-state index in [4.69, 9.17) is 5.73 Å². The normalized spacial score (nSPS) is 10.8. The minimum atomic E-state index is -0.141. The zero-order valence-corrected chi connectivity index (χ0v) is 10.2. The lowest BCUT2D eigenvalue weighted by Crippen LogP contribution is -2.28. The van der Waals surface area contributed by atoms with Gasteiger partial charge in [-0.1, -0.05) is 13.8 Å². The van der Waals surface area contributed by atoms with Crippen LogP contribution in [0, 0.1) is 5.92 Å². The number of aromatic nitrogens is 2. The standard InChI is InChI=1S/C11H20N4O/c1-4-15-10(9(12)7-14-15)11(16)13-6-5-8(2)3/h7-8H,4-6,12H2,1-3H3,(H,13,16). The van der Waals surface area contributed by atoms with Gasteiger partial charge in [-0.05, 0) is 19.3 Å².